The van der Waals surface area contributed by atoms with Crippen LogP contribution < -0.4 is 0 Å². The van der Waals surface area contributed by atoms with Crippen LogP contribution in [0.5, 0.6) is 0 Å². The SMILES string of the molecule is CCc1cc(C(=O)N2CCC(CO)CC2)n(C)n1. The molecule has 0 radical (unpaired) electrons. The van der Waals surface area contributed by atoms with Gasteiger partial charge in [0, 0.05) is 26.7 Å². The van der Waals surface area contributed by atoms with E-state index in [1.807, 2.05) is 24.9 Å². The van der Waals surface area contributed by atoms with Gasteiger partial charge in [0.25, 0.3) is 5.91 Å². The smallest absolute Gasteiger partial charge is 0.272 e. The largest absolute Gasteiger partial charge is 0.396 e. The van der Waals surface area contributed by atoms with Crippen LogP contribution in [-0.4, -0.2) is 45.4 Å². The summed E-state index contributed by atoms with van der Waals surface area (Å²) in [7, 11) is 1.81. The van der Waals surface area contributed by atoms with Gasteiger partial charge >= 0.3 is 0 Å². The van der Waals surface area contributed by atoms with Crippen LogP contribution in [0.3, 0.4) is 0 Å². The van der Waals surface area contributed by atoms with E-state index in [-0.39, 0.29) is 12.5 Å². The van der Waals surface area contributed by atoms with Gasteiger partial charge < -0.3 is 10.0 Å². The van der Waals surface area contributed by atoms with E-state index in [1.54, 1.807) is 4.68 Å². The Morgan fingerprint density at radius 1 is 1.50 bits per heavy atom. The fraction of sp³-hybridized carbons (Fsp3) is 0.692. The molecule has 2 rings (SSSR count). The van der Waals surface area contributed by atoms with Crippen molar-refractivity contribution in [3.8, 4) is 0 Å². The highest BCUT2D eigenvalue weighted by atomic mass is 16.3. The highest BCUT2D eigenvalue weighted by molar-refractivity contribution is 5.92. The zero-order valence-electron chi connectivity index (χ0n) is 11.1. The Balaban J connectivity index is 2.05. The summed E-state index contributed by atoms with van der Waals surface area (Å²) in [5.41, 5.74) is 1.61. The van der Waals surface area contributed by atoms with E-state index in [1.165, 1.54) is 0 Å². The number of carbonyl (C=O) groups excluding carboxylic acids is 1. The van der Waals surface area contributed by atoms with Gasteiger partial charge in [-0.05, 0) is 31.2 Å². The van der Waals surface area contributed by atoms with Gasteiger partial charge in [-0.15, -0.1) is 0 Å². The predicted octanol–water partition coefficient (Wildman–Crippen LogP) is 0.827. The minimum absolute atomic E-state index is 0.0566. The molecule has 1 aromatic rings. The summed E-state index contributed by atoms with van der Waals surface area (Å²) in [6.45, 7) is 3.73. The van der Waals surface area contributed by atoms with Gasteiger partial charge in [0.2, 0.25) is 0 Å². The zero-order chi connectivity index (χ0) is 13.1. The molecule has 1 N–H and O–H groups in total. The van der Waals surface area contributed by atoms with E-state index >= 15 is 0 Å². The Morgan fingerprint density at radius 3 is 2.67 bits per heavy atom. The lowest BCUT2D eigenvalue weighted by Crippen LogP contribution is -2.39. The van der Waals surface area contributed by atoms with Crippen molar-refractivity contribution in [1.29, 1.82) is 0 Å². The van der Waals surface area contributed by atoms with Crippen LogP contribution in [0, 0.1) is 5.92 Å². The fourth-order valence-electron chi connectivity index (χ4n) is 2.38. The minimum atomic E-state index is 0.0566. The average Bonchev–Trinajstić information content (AvgIpc) is 2.79. The standard InChI is InChI=1S/C13H21N3O2/c1-3-11-8-12(15(2)14-11)13(18)16-6-4-10(9-17)5-7-16/h8,10,17H,3-7,9H2,1-2H3. The number of hydrogen-bond donors (Lipinski definition) is 1. The van der Waals surface area contributed by atoms with E-state index in [9.17, 15) is 4.79 Å². The quantitative estimate of drug-likeness (QED) is 0.865. The molecule has 0 unspecified atom stereocenters. The van der Waals surface area contributed by atoms with Crippen molar-refractivity contribution in [2.45, 2.75) is 26.2 Å². The van der Waals surface area contributed by atoms with Crippen molar-refractivity contribution < 1.29 is 9.90 Å². The maximum absolute atomic E-state index is 12.3. The fourth-order valence-corrected chi connectivity index (χ4v) is 2.38. The summed E-state index contributed by atoms with van der Waals surface area (Å²) < 4.78 is 1.67. The Bertz CT molecular complexity index is 420. The summed E-state index contributed by atoms with van der Waals surface area (Å²) in [5, 5.41) is 13.4. The van der Waals surface area contributed by atoms with Crippen molar-refractivity contribution in [2.24, 2.45) is 13.0 Å². The van der Waals surface area contributed by atoms with Crippen molar-refractivity contribution in [2.75, 3.05) is 19.7 Å². The second-order valence-electron chi connectivity index (χ2n) is 4.92. The summed E-state index contributed by atoms with van der Waals surface area (Å²) >= 11 is 0. The molecule has 0 saturated carbocycles. The predicted molar refractivity (Wildman–Crippen MR) is 68.3 cm³/mol. The lowest BCUT2D eigenvalue weighted by molar-refractivity contribution is 0.0640. The van der Waals surface area contributed by atoms with Crippen LogP contribution in [0.15, 0.2) is 6.07 Å². The van der Waals surface area contributed by atoms with Gasteiger partial charge in [-0.3, -0.25) is 9.48 Å². The molecule has 1 amide bonds. The normalized spacial score (nSPS) is 17.2. The van der Waals surface area contributed by atoms with Crippen LogP contribution in [-0.2, 0) is 13.5 Å². The number of likely N-dealkylation sites (tertiary alicyclic amines) is 1. The molecule has 0 spiro atoms. The van der Waals surface area contributed by atoms with Crippen LogP contribution >= 0.6 is 0 Å². The van der Waals surface area contributed by atoms with Crippen molar-refractivity contribution in [3.63, 3.8) is 0 Å². The first-order valence-corrected chi connectivity index (χ1v) is 6.58. The maximum Gasteiger partial charge on any atom is 0.272 e. The Labute approximate surface area is 107 Å². The number of piperidine rings is 1. The van der Waals surface area contributed by atoms with Crippen LogP contribution in [0.2, 0.25) is 0 Å². The van der Waals surface area contributed by atoms with Gasteiger partial charge in [-0.1, -0.05) is 6.92 Å². The maximum atomic E-state index is 12.3. The molecule has 0 bridgehead atoms. The summed E-state index contributed by atoms with van der Waals surface area (Å²) in [5.74, 6) is 0.410. The van der Waals surface area contributed by atoms with Gasteiger partial charge in [0.1, 0.15) is 5.69 Å². The highest BCUT2D eigenvalue weighted by Gasteiger charge is 2.25. The first kappa shape index (κ1) is 13.1. The number of carbonyl (C=O) groups is 1. The van der Waals surface area contributed by atoms with Gasteiger partial charge in [0.15, 0.2) is 0 Å². The highest BCUT2D eigenvalue weighted by Crippen LogP contribution is 2.18. The topological polar surface area (TPSA) is 58.4 Å². The Morgan fingerprint density at radius 2 is 2.17 bits per heavy atom. The molecule has 18 heavy (non-hydrogen) atoms. The summed E-state index contributed by atoms with van der Waals surface area (Å²) in [4.78, 5) is 14.2. The first-order valence-electron chi connectivity index (χ1n) is 6.58. The second-order valence-corrected chi connectivity index (χ2v) is 4.92. The molecule has 1 aliphatic heterocycles. The molecule has 1 saturated heterocycles. The van der Waals surface area contributed by atoms with Crippen molar-refractivity contribution in [3.05, 3.63) is 17.5 Å². The van der Waals surface area contributed by atoms with Crippen molar-refractivity contribution in [1.82, 2.24) is 14.7 Å². The molecule has 0 aromatic carbocycles. The molecule has 0 aliphatic carbocycles. The Kier molecular flexibility index (Phi) is 4.01. The van der Waals surface area contributed by atoms with E-state index in [0.717, 1.165) is 38.0 Å². The third-order valence-electron chi connectivity index (χ3n) is 3.67. The molecule has 5 nitrogen and oxygen atoms in total. The monoisotopic (exact) mass is 251 g/mol. The molecular formula is C13H21N3O2. The molecule has 100 valence electrons. The number of amides is 1. The number of hydrogen-bond acceptors (Lipinski definition) is 3. The number of aliphatic hydroxyl groups excluding tert-OH is 1. The molecule has 1 fully saturated rings. The number of aryl methyl sites for hydroxylation is 2. The van der Waals surface area contributed by atoms with Crippen LogP contribution in [0.4, 0.5) is 0 Å². The molecule has 2 heterocycles. The third kappa shape index (κ3) is 2.56. The molecule has 5 heteroatoms. The minimum Gasteiger partial charge on any atom is -0.396 e. The van der Waals surface area contributed by atoms with E-state index in [4.69, 9.17) is 5.11 Å². The van der Waals surface area contributed by atoms with Crippen LogP contribution in [0.1, 0.15) is 35.9 Å². The van der Waals surface area contributed by atoms with Gasteiger partial charge in [0.05, 0.1) is 5.69 Å². The summed E-state index contributed by atoms with van der Waals surface area (Å²) in [6.07, 6.45) is 2.62. The second kappa shape index (κ2) is 5.52. The molecule has 1 aliphatic rings. The Hall–Kier alpha value is -1.36. The van der Waals surface area contributed by atoms with E-state index < -0.39 is 0 Å². The van der Waals surface area contributed by atoms with E-state index in [2.05, 4.69) is 5.10 Å². The lowest BCUT2D eigenvalue weighted by atomic mass is 9.98. The number of aliphatic hydroxyl groups is 1. The molecular weight excluding hydrogens is 230 g/mol. The van der Waals surface area contributed by atoms with Gasteiger partial charge in [-0.2, -0.15) is 5.10 Å². The first-order chi connectivity index (χ1) is 8.65. The summed E-state index contributed by atoms with van der Waals surface area (Å²) in [6, 6.07) is 1.88. The molecule has 0 atom stereocenters. The number of nitrogens with zero attached hydrogens (tertiary/aromatic N) is 3. The van der Waals surface area contributed by atoms with Crippen molar-refractivity contribution >= 4 is 5.91 Å². The average molecular weight is 251 g/mol. The lowest BCUT2D eigenvalue weighted by Gasteiger charge is -2.31. The van der Waals surface area contributed by atoms with E-state index in [0.29, 0.717) is 11.6 Å². The van der Waals surface area contributed by atoms with Gasteiger partial charge in [-0.25, -0.2) is 0 Å². The molecule has 1 aromatic heterocycles. The van der Waals surface area contributed by atoms with Crippen LogP contribution in [0.25, 0.3) is 0 Å². The third-order valence-corrected chi connectivity index (χ3v) is 3.67. The number of rotatable bonds is 3. The number of aromatic nitrogens is 2. The zero-order valence-corrected chi connectivity index (χ0v) is 11.1.